The first kappa shape index (κ1) is 20.1. The predicted octanol–water partition coefficient (Wildman–Crippen LogP) is 7.56. The number of rotatable bonds is 3. The van der Waals surface area contributed by atoms with E-state index in [1.54, 1.807) is 0 Å². The average molecular weight is 519 g/mol. The molecule has 0 saturated carbocycles. The fourth-order valence-electron chi connectivity index (χ4n) is 5.33. The first-order valence-corrected chi connectivity index (χ1v) is 15.3. The Morgan fingerprint density at radius 2 is 0.676 bits per heavy atom. The first-order valence-electron chi connectivity index (χ1n) is 11.4. The molecule has 34 heavy (non-hydrogen) atoms. The second-order valence-corrected chi connectivity index (χ2v) is 14.2. The third kappa shape index (κ3) is 2.67. The summed E-state index contributed by atoms with van der Waals surface area (Å²) in [7, 11) is 0. The van der Waals surface area contributed by atoms with Gasteiger partial charge in [0, 0.05) is 0 Å². The van der Waals surface area contributed by atoms with Gasteiger partial charge in [-0.25, -0.2) is 0 Å². The van der Waals surface area contributed by atoms with Gasteiger partial charge in [-0.05, 0) is 0 Å². The summed E-state index contributed by atoms with van der Waals surface area (Å²) in [5.74, 6) is -2.30. The summed E-state index contributed by atoms with van der Waals surface area (Å²) < 4.78 is 5.18. The molecule has 7 aromatic rings. The molecule has 2 nitrogen and oxygen atoms in total. The molecule has 0 amide bonds. The molecule has 0 saturated heterocycles. The van der Waals surface area contributed by atoms with Crippen molar-refractivity contribution in [2.45, 2.75) is 0 Å². The van der Waals surface area contributed by atoms with E-state index in [4.69, 9.17) is 0 Å². The zero-order valence-electron chi connectivity index (χ0n) is 18.4. The van der Waals surface area contributed by atoms with Crippen molar-refractivity contribution in [1.82, 2.24) is 8.68 Å². The molecule has 5 aromatic carbocycles. The minimum absolute atomic E-state index is 1.25. The van der Waals surface area contributed by atoms with Crippen LogP contribution in [0.25, 0.3) is 43.6 Å². The van der Waals surface area contributed by atoms with Gasteiger partial charge in [0.25, 0.3) is 0 Å². The average Bonchev–Trinajstić information content (AvgIpc) is 3.43. The number of benzene rings is 5. The number of nitrogens with zero attached hydrogens (tertiary/aromatic N) is 2. The summed E-state index contributed by atoms with van der Waals surface area (Å²) in [5.41, 5.74) is 5.01. The maximum atomic E-state index is 3.82. The van der Waals surface area contributed by atoms with Crippen LogP contribution in [0.2, 0.25) is 0 Å². The van der Waals surface area contributed by atoms with Crippen molar-refractivity contribution in [1.29, 1.82) is 0 Å². The van der Waals surface area contributed by atoms with Crippen molar-refractivity contribution in [3.63, 3.8) is 0 Å². The van der Waals surface area contributed by atoms with Gasteiger partial charge in [0.2, 0.25) is 0 Å². The van der Waals surface area contributed by atoms with Crippen LogP contribution in [-0.4, -0.2) is 23.8 Å². The Morgan fingerprint density at radius 3 is 1.03 bits per heavy atom. The molecule has 4 heteroatoms. The minimum atomic E-state index is -2.30. The quantitative estimate of drug-likeness (QED) is 0.169. The molecule has 0 atom stereocenters. The molecule has 0 fully saturated rings. The molecule has 0 spiro atoms. The fraction of sp³-hybridized carbons (Fsp3) is 0. The van der Waals surface area contributed by atoms with Gasteiger partial charge in [0.15, 0.2) is 0 Å². The van der Waals surface area contributed by atoms with E-state index < -0.39 is 5.81 Å². The van der Waals surface area contributed by atoms with Crippen molar-refractivity contribution >= 4 is 69.8 Å². The second-order valence-electron chi connectivity index (χ2n) is 8.57. The summed E-state index contributed by atoms with van der Waals surface area (Å²) in [5, 5.41) is 6.45. The van der Waals surface area contributed by atoms with E-state index in [1.165, 1.54) is 48.9 Å². The third-order valence-corrected chi connectivity index (χ3v) is 13.0. The summed E-state index contributed by atoms with van der Waals surface area (Å²) in [6.45, 7) is 0. The standard InChI is InChI=1S/C30H21N2PSe/c34-33(22-12-2-1-3-13-22,31-27-18-8-4-14-23(27)24-15-5-9-19-28(24)31)32-29-20-10-6-16-25(29)26-17-7-11-21-30(26)32/h1-21H. The van der Waals surface area contributed by atoms with Crippen LogP contribution in [0.4, 0.5) is 0 Å². The molecule has 2 heterocycles. The van der Waals surface area contributed by atoms with Crippen LogP contribution in [0.15, 0.2) is 127 Å². The Kier molecular flexibility index (Phi) is 4.47. The molecule has 0 aliphatic carbocycles. The van der Waals surface area contributed by atoms with Gasteiger partial charge >= 0.3 is 206 Å². The van der Waals surface area contributed by atoms with E-state index in [1.807, 2.05) is 0 Å². The van der Waals surface area contributed by atoms with Gasteiger partial charge < -0.3 is 0 Å². The van der Waals surface area contributed by atoms with Gasteiger partial charge in [-0.15, -0.1) is 0 Å². The Morgan fingerprint density at radius 1 is 0.382 bits per heavy atom. The van der Waals surface area contributed by atoms with Crippen LogP contribution >= 0.6 is 5.81 Å². The molecule has 0 radical (unpaired) electrons. The normalized spacial score (nSPS) is 12.2. The van der Waals surface area contributed by atoms with Gasteiger partial charge in [-0.2, -0.15) is 0 Å². The predicted molar refractivity (Wildman–Crippen MR) is 148 cm³/mol. The number of hydrogen-bond donors (Lipinski definition) is 0. The number of aromatic nitrogens is 2. The molecule has 0 unspecified atom stereocenters. The van der Waals surface area contributed by atoms with Gasteiger partial charge in [0.1, 0.15) is 0 Å². The number of hydrogen-bond acceptors (Lipinski definition) is 0. The van der Waals surface area contributed by atoms with E-state index in [-0.39, 0.29) is 0 Å². The van der Waals surface area contributed by atoms with Gasteiger partial charge in [0.05, 0.1) is 0 Å². The molecule has 0 bridgehead atoms. The molecular weight excluding hydrogens is 498 g/mol. The molecule has 162 valence electrons. The molecule has 2 aromatic heterocycles. The zero-order chi connectivity index (χ0) is 22.7. The van der Waals surface area contributed by atoms with Crippen LogP contribution in [0.1, 0.15) is 0 Å². The summed E-state index contributed by atoms with van der Waals surface area (Å²) in [6.07, 6.45) is 0. The van der Waals surface area contributed by atoms with E-state index >= 15 is 0 Å². The van der Waals surface area contributed by atoms with Crippen molar-refractivity contribution in [2.24, 2.45) is 0 Å². The van der Waals surface area contributed by atoms with Crippen molar-refractivity contribution in [2.75, 3.05) is 0 Å². The van der Waals surface area contributed by atoms with E-state index in [0.29, 0.717) is 0 Å². The van der Waals surface area contributed by atoms with Crippen molar-refractivity contribution in [3.8, 4) is 0 Å². The summed E-state index contributed by atoms with van der Waals surface area (Å²) >= 11 is 3.82. The molecule has 0 aliphatic heterocycles. The Balaban J connectivity index is 1.76. The zero-order valence-corrected chi connectivity index (χ0v) is 21.0. The van der Waals surface area contributed by atoms with E-state index in [0.717, 1.165) is 0 Å². The van der Waals surface area contributed by atoms with Crippen LogP contribution < -0.4 is 5.30 Å². The Hall–Kier alpha value is -3.35. The number of fused-ring (bicyclic) bond motifs is 6. The second kappa shape index (κ2) is 7.58. The van der Waals surface area contributed by atoms with Gasteiger partial charge in [-0.3, -0.25) is 0 Å². The van der Waals surface area contributed by atoms with Crippen molar-refractivity contribution in [3.05, 3.63) is 127 Å². The SMILES string of the molecule is [Se]=P(c1ccccc1)(n1c2ccccc2c2ccccc21)n1c2ccccc2c2ccccc21. The monoisotopic (exact) mass is 520 g/mol. The van der Waals surface area contributed by atoms with E-state index in [9.17, 15) is 0 Å². The molecule has 0 N–H and O–H groups in total. The fourth-order valence-corrected chi connectivity index (χ4v) is 11.4. The third-order valence-electron chi connectivity index (χ3n) is 6.74. The van der Waals surface area contributed by atoms with E-state index in [2.05, 4.69) is 151 Å². The van der Waals surface area contributed by atoms with Crippen LogP contribution in [0.3, 0.4) is 0 Å². The van der Waals surface area contributed by atoms with Crippen LogP contribution in [0, 0.1) is 0 Å². The van der Waals surface area contributed by atoms with Crippen LogP contribution in [-0.2, 0) is 0 Å². The number of para-hydroxylation sites is 4. The molecule has 7 rings (SSSR count). The van der Waals surface area contributed by atoms with Crippen molar-refractivity contribution < 1.29 is 0 Å². The Bertz CT molecular complexity index is 1670. The van der Waals surface area contributed by atoms with Crippen LogP contribution in [0.5, 0.6) is 0 Å². The van der Waals surface area contributed by atoms with Gasteiger partial charge in [-0.1, -0.05) is 0 Å². The summed E-state index contributed by atoms with van der Waals surface area (Å²) in [4.78, 5) is 0. The topological polar surface area (TPSA) is 9.86 Å². The first-order chi connectivity index (χ1) is 16.8. The molecule has 0 aliphatic rings. The molecular formula is C30H21N2PSe. The summed E-state index contributed by atoms with van der Waals surface area (Å²) in [6, 6.07) is 46.2. The Labute approximate surface area is 205 Å². The maximum absolute atomic E-state index is 3.82.